The molecule has 0 unspecified atom stereocenters. The first-order chi connectivity index (χ1) is 16.7. The molecule has 0 bridgehead atoms. The second kappa shape index (κ2) is 9.89. The fourth-order valence-electron chi connectivity index (χ4n) is 3.75. The van der Waals surface area contributed by atoms with E-state index in [4.69, 9.17) is 9.84 Å². The van der Waals surface area contributed by atoms with Gasteiger partial charge in [-0.05, 0) is 42.0 Å². The molecule has 0 fully saturated rings. The second-order valence-corrected chi connectivity index (χ2v) is 8.70. The van der Waals surface area contributed by atoms with E-state index in [2.05, 4.69) is 15.9 Å². The van der Waals surface area contributed by atoms with Crippen LogP contribution in [0.2, 0.25) is 0 Å². The number of carbonyl (C=O) groups is 1. The number of hydrazone groups is 1. The molecular formula is C29H21BrN2O2. The molecule has 0 saturated carbocycles. The zero-order valence-electron chi connectivity index (χ0n) is 18.3. The maximum atomic E-state index is 13.6. The van der Waals surface area contributed by atoms with Gasteiger partial charge in [0, 0.05) is 15.6 Å². The molecule has 1 aliphatic heterocycles. The molecule has 0 aliphatic carbocycles. The summed E-state index contributed by atoms with van der Waals surface area (Å²) >= 11 is 3.56. The molecule has 0 N–H and O–H groups in total. The molecule has 0 saturated heterocycles. The van der Waals surface area contributed by atoms with Crippen molar-refractivity contribution in [3.63, 3.8) is 0 Å². The monoisotopic (exact) mass is 508 g/mol. The molecule has 0 aromatic heterocycles. The van der Waals surface area contributed by atoms with Gasteiger partial charge in [0.2, 0.25) is 0 Å². The third kappa shape index (κ3) is 4.70. The summed E-state index contributed by atoms with van der Waals surface area (Å²) in [7, 11) is 0. The first-order valence-corrected chi connectivity index (χ1v) is 11.7. The number of halogens is 1. The molecule has 1 heterocycles. The van der Waals surface area contributed by atoms with E-state index in [1.807, 2.05) is 115 Å². The maximum Gasteiger partial charge on any atom is 0.281 e. The van der Waals surface area contributed by atoms with Crippen molar-refractivity contribution in [1.29, 1.82) is 0 Å². The minimum absolute atomic E-state index is 0.181. The summed E-state index contributed by atoms with van der Waals surface area (Å²) in [6.07, 6.45) is 1.86. The minimum Gasteiger partial charge on any atom is -0.488 e. The molecule has 1 aliphatic rings. The van der Waals surface area contributed by atoms with Gasteiger partial charge in [0.25, 0.3) is 5.91 Å². The van der Waals surface area contributed by atoms with Gasteiger partial charge in [-0.15, -0.1) is 0 Å². The smallest absolute Gasteiger partial charge is 0.281 e. The molecule has 4 aromatic carbocycles. The molecule has 4 aromatic rings. The summed E-state index contributed by atoms with van der Waals surface area (Å²) in [5.41, 5.74) is 4.61. The maximum absolute atomic E-state index is 13.6. The lowest BCUT2D eigenvalue weighted by Gasteiger charge is -2.12. The van der Waals surface area contributed by atoms with Crippen LogP contribution in [0.25, 0.3) is 6.08 Å². The van der Waals surface area contributed by atoms with Crippen molar-refractivity contribution in [3.8, 4) is 5.75 Å². The number of hydrogen-bond acceptors (Lipinski definition) is 3. The summed E-state index contributed by atoms with van der Waals surface area (Å²) in [6.45, 7) is 0.433. The van der Waals surface area contributed by atoms with Gasteiger partial charge in [0.15, 0.2) is 0 Å². The Bertz CT molecular complexity index is 1370. The van der Waals surface area contributed by atoms with Crippen LogP contribution >= 0.6 is 15.9 Å². The molecule has 0 atom stereocenters. The number of hydrogen-bond donors (Lipinski definition) is 0. The summed E-state index contributed by atoms with van der Waals surface area (Å²) < 4.78 is 7.04. The van der Waals surface area contributed by atoms with Gasteiger partial charge in [0.05, 0.1) is 11.3 Å². The van der Waals surface area contributed by atoms with Crippen molar-refractivity contribution in [3.05, 3.63) is 136 Å². The van der Waals surface area contributed by atoms with Gasteiger partial charge in [-0.2, -0.15) is 10.1 Å². The Morgan fingerprint density at radius 3 is 2.18 bits per heavy atom. The zero-order chi connectivity index (χ0) is 23.3. The van der Waals surface area contributed by atoms with E-state index in [1.54, 1.807) is 0 Å². The Balaban J connectivity index is 1.55. The second-order valence-electron chi connectivity index (χ2n) is 7.78. The SMILES string of the molecule is O=C1C(=Cc2cc(Br)ccc2OCc2ccccc2)C(c2ccccc2)=NN1c1ccccc1. The van der Waals surface area contributed by atoms with Crippen LogP contribution in [0, 0.1) is 0 Å². The van der Waals surface area contributed by atoms with Crippen molar-refractivity contribution in [1.82, 2.24) is 0 Å². The highest BCUT2D eigenvalue weighted by Gasteiger charge is 2.32. The summed E-state index contributed by atoms with van der Waals surface area (Å²) in [6, 6.07) is 35.0. The topological polar surface area (TPSA) is 41.9 Å². The molecule has 166 valence electrons. The molecule has 0 radical (unpaired) electrons. The van der Waals surface area contributed by atoms with E-state index in [0.29, 0.717) is 23.6 Å². The first-order valence-electron chi connectivity index (χ1n) is 10.9. The first kappa shape index (κ1) is 21.9. The predicted octanol–water partition coefficient (Wildman–Crippen LogP) is 6.86. The predicted molar refractivity (Wildman–Crippen MR) is 140 cm³/mol. The summed E-state index contributed by atoms with van der Waals surface area (Å²) in [4.78, 5) is 13.6. The molecule has 1 amide bonds. The third-order valence-electron chi connectivity index (χ3n) is 5.43. The molecule has 5 heteroatoms. The lowest BCUT2D eigenvalue weighted by Crippen LogP contribution is -2.21. The van der Waals surface area contributed by atoms with E-state index in [0.717, 1.165) is 26.9 Å². The number of ether oxygens (including phenoxy) is 1. The van der Waals surface area contributed by atoms with Gasteiger partial charge < -0.3 is 4.74 Å². The number of anilines is 1. The fraction of sp³-hybridized carbons (Fsp3) is 0.0345. The van der Waals surface area contributed by atoms with Crippen LogP contribution in [-0.4, -0.2) is 11.6 Å². The Hall–Kier alpha value is -3.96. The van der Waals surface area contributed by atoms with Crippen LogP contribution in [0.15, 0.2) is 124 Å². The van der Waals surface area contributed by atoms with Crippen LogP contribution in [-0.2, 0) is 11.4 Å². The average Bonchev–Trinajstić information content (AvgIpc) is 3.21. The van der Waals surface area contributed by atoms with Crippen molar-refractivity contribution in [2.24, 2.45) is 5.10 Å². The number of nitrogens with zero attached hydrogens (tertiary/aromatic N) is 2. The van der Waals surface area contributed by atoms with Crippen molar-refractivity contribution in [2.45, 2.75) is 6.61 Å². The number of carbonyl (C=O) groups excluding carboxylic acids is 1. The number of amides is 1. The highest BCUT2D eigenvalue weighted by atomic mass is 79.9. The van der Waals surface area contributed by atoms with Gasteiger partial charge in [0.1, 0.15) is 18.1 Å². The van der Waals surface area contributed by atoms with E-state index < -0.39 is 0 Å². The average molecular weight is 509 g/mol. The fourth-order valence-corrected chi connectivity index (χ4v) is 4.13. The number of benzene rings is 4. The van der Waals surface area contributed by atoms with Crippen LogP contribution in [0.5, 0.6) is 5.75 Å². The molecule has 5 rings (SSSR count). The summed E-state index contributed by atoms with van der Waals surface area (Å²) in [5, 5.41) is 6.17. The van der Waals surface area contributed by atoms with Gasteiger partial charge >= 0.3 is 0 Å². The lowest BCUT2D eigenvalue weighted by molar-refractivity contribution is -0.114. The molecule has 34 heavy (non-hydrogen) atoms. The Morgan fingerprint density at radius 2 is 1.47 bits per heavy atom. The molecule has 0 spiro atoms. The van der Waals surface area contributed by atoms with E-state index >= 15 is 0 Å². The highest BCUT2D eigenvalue weighted by Crippen LogP contribution is 2.31. The van der Waals surface area contributed by atoms with E-state index in [-0.39, 0.29) is 5.91 Å². The standard InChI is InChI=1S/C29H21BrN2O2/c30-24-16-17-27(34-20-21-10-4-1-5-11-21)23(18-24)19-26-28(22-12-6-2-7-13-22)31-32(29(26)33)25-14-8-3-9-15-25/h1-19H,20H2. The van der Waals surface area contributed by atoms with Crippen molar-refractivity contribution >= 4 is 39.3 Å². The van der Waals surface area contributed by atoms with Crippen LogP contribution in [0.1, 0.15) is 16.7 Å². The summed E-state index contributed by atoms with van der Waals surface area (Å²) in [5.74, 6) is 0.511. The Labute approximate surface area is 206 Å². The molecular weight excluding hydrogens is 488 g/mol. The van der Waals surface area contributed by atoms with E-state index in [9.17, 15) is 4.79 Å². The molecule has 4 nitrogen and oxygen atoms in total. The lowest BCUT2D eigenvalue weighted by atomic mass is 10.00. The van der Waals surface area contributed by atoms with Gasteiger partial charge in [-0.3, -0.25) is 4.79 Å². The quantitative estimate of drug-likeness (QED) is 0.267. The van der Waals surface area contributed by atoms with Crippen LogP contribution in [0.4, 0.5) is 5.69 Å². The largest absolute Gasteiger partial charge is 0.488 e. The van der Waals surface area contributed by atoms with Gasteiger partial charge in [-0.1, -0.05) is 94.8 Å². The van der Waals surface area contributed by atoms with Gasteiger partial charge in [-0.25, -0.2) is 0 Å². The van der Waals surface area contributed by atoms with Crippen LogP contribution in [0.3, 0.4) is 0 Å². The van der Waals surface area contributed by atoms with Crippen molar-refractivity contribution in [2.75, 3.05) is 5.01 Å². The highest BCUT2D eigenvalue weighted by molar-refractivity contribution is 9.10. The minimum atomic E-state index is -0.181. The van der Waals surface area contributed by atoms with Crippen molar-refractivity contribution < 1.29 is 9.53 Å². The Kier molecular flexibility index (Phi) is 6.36. The number of para-hydroxylation sites is 1. The third-order valence-corrected chi connectivity index (χ3v) is 5.93. The Morgan fingerprint density at radius 1 is 0.824 bits per heavy atom. The zero-order valence-corrected chi connectivity index (χ0v) is 19.9. The number of rotatable bonds is 6. The van der Waals surface area contributed by atoms with Crippen LogP contribution < -0.4 is 9.75 Å². The van der Waals surface area contributed by atoms with E-state index in [1.165, 1.54) is 5.01 Å². The normalized spacial score (nSPS) is 14.4.